The van der Waals surface area contributed by atoms with Gasteiger partial charge in [-0.05, 0) is 37.2 Å². The van der Waals surface area contributed by atoms with Crippen LogP contribution in [0.3, 0.4) is 0 Å². The van der Waals surface area contributed by atoms with Crippen molar-refractivity contribution in [2.45, 2.75) is 102 Å². The summed E-state index contributed by atoms with van der Waals surface area (Å²) in [5.74, 6) is -1.06. The summed E-state index contributed by atoms with van der Waals surface area (Å²) in [7, 11) is 0. The Morgan fingerprint density at radius 1 is 1.00 bits per heavy atom. The first-order valence-electron chi connectivity index (χ1n) is 15.6. The second-order valence-electron chi connectivity index (χ2n) is 11.6. The minimum absolute atomic E-state index is 0.0222. The van der Waals surface area contributed by atoms with E-state index in [-0.39, 0.29) is 37.7 Å². The number of carbonyl (C=O) groups excluding carboxylic acids is 5. The van der Waals surface area contributed by atoms with Crippen molar-refractivity contribution in [2.75, 3.05) is 6.54 Å². The highest BCUT2D eigenvalue weighted by Crippen LogP contribution is 2.27. The van der Waals surface area contributed by atoms with Crippen LogP contribution in [0.2, 0.25) is 0 Å². The average molecular weight is 610 g/mol. The number of benzene rings is 1. The molecule has 4 amide bonds. The van der Waals surface area contributed by atoms with E-state index < -0.39 is 36.0 Å². The summed E-state index contributed by atoms with van der Waals surface area (Å²) < 4.78 is 7.03. The van der Waals surface area contributed by atoms with Gasteiger partial charge in [-0.25, -0.2) is 4.79 Å². The molecule has 0 unspecified atom stereocenters. The van der Waals surface area contributed by atoms with Gasteiger partial charge in [0, 0.05) is 32.1 Å². The van der Waals surface area contributed by atoms with Crippen LogP contribution in [0, 0.1) is 5.92 Å². The Morgan fingerprint density at radius 3 is 2.57 bits per heavy atom. The van der Waals surface area contributed by atoms with Crippen molar-refractivity contribution in [3.8, 4) is 0 Å². The smallest absolute Gasteiger partial charge is 0.408 e. The summed E-state index contributed by atoms with van der Waals surface area (Å²) in [5, 5.41) is 19.4. The molecule has 1 aliphatic carbocycles. The lowest BCUT2D eigenvalue weighted by Crippen LogP contribution is -2.56. The average Bonchev–Trinajstić information content (AvgIpc) is 3.48. The van der Waals surface area contributed by atoms with Crippen molar-refractivity contribution in [2.24, 2.45) is 5.92 Å². The highest BCUT2D eigenvalue weighted by atomic mass is 16.5. The molecule has 4 N–H and O–H groups in total. The van der Waals surface area contributed by atoms with Crippen LogP contribution in [0.25, 0.3) is 0 Å². The minimum Gasteiger partial charge on any atom is -0.445 e. The van der Waals surface area contributed by atoms with Crippen LogP contribution in [0.1, 0.15) is 75.5 Å². The fraction of sp³-hybridized carbons (Fsp3) is 0.581. The van der Waals surface area contributed by atoms with Crippen LogP contribution in [0.4, 0.5) is 4.79 Å². The molecule has 1 saturated carbocycles. The fourth-order valence-electron chi connectivity index (χ4n) is 5.59. The highest BCUT2D eigenvalue weighted by molar-refractivity contribution is 5.92. The summed E-state index contributed by atoms with van der Waals surface area (Å²) in [4.78, 5) is 64.2. The van der Waals surface area contributed by atoms with E-state index in [0.717, 1.165) is 44.1 Å². The maximum absolute atomic E-state index is 13.7. The number of aldehydes is 1. The standard InChI is InChI=1S/C31H43N7O6/c39-20-24-13-14-28(40)32-15-7-8-16-38-19-25(36-37-38)18-27(35-31(43)44-21-23-11-5-2-6-12-23)30(42)34-26(29(41)33-24)17-22-9-3-1-4-10-22/h2,5-6,11-12,19-20,22,24,26-27H,1,3-4,7-10,13-18,21H2,(H,32,40)(H,33,41)(H,34,42)(H,35,43)/t24-,26-,27-/m0/s1. The number of nitrogens with zero attached hydrogens (tertiary/aromatic N) is 3. The maximum atomic E-state index is 13.7. The lowest BCUT2D eigenvalue weighted by atomic mass is 9.84. The Bertz CT molecular complexity index is 1250. The number of aromatic nitrogens is 3. The third kappa shape index (κ3) is 10.8. The zero-order valence-electron chi connectivity index (χ0n) is 25.0. The van der Waals surface area contributed by atoms with E-state index in [1.165, 1.54) is 0 Å². The van der Waals surface area contributed by atoms with Crippen molar-refractivity contribution in [1.82, 2.24) is 36.3 Å². The lowest BCUT2D eigenvalue weighted by molar-refractivity contribution is -0.131. The summed E-state index contributed by atoms with van der Waals surface area (Å²) in [5.41, 5.74) is 1.27. The number of amides is 4. The van der Waals surface area contributed by atoms with E-state index in [1.807, 2.05) is 30.3 Å². The van der Waals surface area contributed by atoms with E-state index >= 15 is 0 Å². The van der Waals surface area contributed by atoms with Crippen LogP contribution in [-0.2, 0) is 43.5 Å². The molecule has 4 rings (SSSR count). The molecule has 13 heteroatoms. The largest absolute Gasteiger partial charge is 0.445 e. The van der Waals surface area contributed by atoms with Gasteiger partial charge >= 0.3 is 6.09 Å². The number of hydrogen-bond acceptors (Lipinski definition) is 8. The molecule has 2 aromatic rings. The van der Waals surface area contributed by atoms with Gasteiger partial charge < -0.3 is 30.8 Å². The second-order valence-corrected chi connectivity index (χ2v) is 11.6. The zero-order valence-corrected chi connectivity index (χ0v) is 25.0. The molecule has 0 spiro atoms. The Morgan fingerprint density at radius 2 is 1.80 bits per heavy atom. The maximum Gasteiger partial charge on any atom is 0.408 e. The quantitative estimate of drug-likeness (QED) is 0.360. The number of aryl methyl sites for hydroxylation is 1. The molecule has 2 heterocycles. The molecular weight excluding hydrogens is 566 g/mol. The van der Waals surface area contributed by atoms with Crippen LogP contribution in [-0.4, -0.2) is 69.8 Å². The van der Waals surface area contributed by atoms with Gasteiger partial charge in [-0.15, -0.1) is 5.10 Å². The predicted octanol–water partition coefficient (Wildman–Crippen LogP) is 1.94. The molecule has 0 saturated heterocycles. The molecule has 3 atom stereocenters. The summed E-state index contributed by atoms with van der Waals surface area (Å²) in [6, 6.07) is 6.26. The summed E-state index contributed by atoms with van der Waals surface area (Å²) in [6.45, 7) is 1.05. The first-order chi connectivity index (χ1) is 21.4. The molecule has 1 aliphatic heterocycles. The number of carbonyl (C=O) groups is 5. The Kier molecular flexibility index (Phi) is 12.7. The van der Waals surface area contributed by atoms with Crippen molar-refractivity contribution >= 4 is 30.1 Å². The monoisotopic (exact) mass is 609 g/mol. The molecule has 44 heavy (non-hydrogen) atoms. The van der Waals surface area contributed by atoms with Crippen molar-refractivity contribution in [3.05, 3.63) is 47.8 Å². The molecule has 13 nitrogen and oxygen atoms in total. The first kappa shape index (κ1) is 32.6. The van der Waals surface area contributed by atoms with E-state index in [4.69, 9.17) is 4.74 Å². The molecular formula is C31H43N7O6. The lowest BCUT2D eigenvalue weighted by Gasteiger charge is -2.28. The molecule has 238 valence electrons. The summed E-state index contributed by atoms with van der Waals surface area (Å²) >= 11 is 0. The molecule has 1 aromatic carbocycles. The number of rotatable bonds is 6. The topological polar surface area (TPSA) is 173 Å². The van der Waals surface area contributed by atoms with Gasteiger partial charge in [-0.2, -0.15) is 0 Å². The normalized spacial score (nSPS) is 23.1. The zero-order chi connectivity index (χ0) is 31.1. The fourth-order valence-corrected chi connectivity index (χ4v) is 5.59. The summed E-state index contributed by atoms with van der Waals surface area (Å²) in [6.07, 6.45) is 8.72. The van der Waals surface area contributed by atoms with Gasteiger partial charge in [0.2, 0.25) is 17.7 Å². The minimum atomic E-state index is -1.10. The van der Waals surface area contributed by atoms with Crippen molar-refractivity contribution in [3.63, 3.8) is 0 Å². The third-order valence-corrected chi connectivity index (χ3v) is 8.06. The van der Waals surface area contributed by atoms with Crippen LogP contribution in [0.15, 0.2) is 36.5 Å². The first-order valence-corrected chi connectivity index (χ1v) is 15.6. The molecule has 1 aromatic heterocycles. The van der Waals surface area contributed by atoms with Crippen molar-refractivity contribution < 1.29 is 28.7 Å². The number of nitrogens with one attached hydrogen (secondary N) is 4. The van der Waals surface area contributed by atoms with Crippen molar-refractivity contribution in [1.29, 1.82) is 0 Å². The molecule has 2 bridgehead atoms. The van der Waals surface area contributed by atoms with Gasteiger partial charge in [-0.3, -0.25) is 19.1 Å². The third-order valence-electron chi connectivity index (χ3n) is 8.06. The van der Waals surface area contributed by atoms with Gasteiger partial charge in [0.05, 0.1) is 11.7 Å². The Balaban J connectivity index is 1.53. The second kappa shape index (κ2) is 17.1. The Labute approximate surface area is 257 Å². The van der Waals surface area contributed by atoms with E-state index in [2.05, 4.69) is 31.6 Å². The predicted molar refractivity (Wildman–Crippen MR) is 160 cm³/mol. The van der Waals surface area contributed by atoms with Gasteiger partial charge in [0.1, 0.15) is 25.0 Å². The van der Waals surface area contributed by atoms with Crippen LogP contribution in [0.5, 0.6) is 0 Å². The molecule has 2 aliphatic rings. The van der Waals surface area contributed by atoms with Gasteiger partial charge in [0.25, 0.3) is 0 Å². The van der Waals surface area contributed by atoms with Gasteiger partial charge in [0.15, 0.2) is 0 Å². The molecule has 0 radical (unpaired) electrons. The van der Waals surface area contributed by atoms with E-state index in [0.29, 0.717) is 37.9 Å². The Hall–Kier alpha value is -4.29. The van der Waals surface area contributed by atoms with E-state index in [9.17, 15) is 24.0 Å². The van der Waals surface area contributed by atoms with Crippen LogP contribution >= 0.6 is 0 Å². The molecule has 1 fully saturated rings. The van der Waals surface area contributed by atoms with E-state index in [1.54, 1.807) is 10.9 Å². The number of hydrogen-bond donors (Lipinski definition) is 4. The number of fused-ring (bicyclic) bond motifs is 2. The number of ether oxygens (including phenoxy) is 1. The highest BCUT2D eigenvalue weighted by Gasteiger charge is 2.31. The van der Waals surface area contributed by atoms with Crippen LogP contribution < -0.4 is 21.3 Å². The SMILES string of the molecule is O=C[C@@H]1CCC(=O)NCCCCn2cc(nn2)C[C@H](NC(=O)OCc2ccccc2)C(=O)N[C@@H](CC2CCCCC2)C(=O)N1. The van der Waals surface area contributed by atoms with Gasteiger partial charge in [-0.1, -0.05) is 67.6 Å². The number of alkyl carbamates (subject to hydrolysis) is 1.